The van der Waals surface area contributed by atoms with Gasteiger partial charge in [0, 0.05) is 6.54 Å². The molecule has 1 aromatic carbocycles. The van der Waals surface area contributed by atoms with E-state index in [2.05, 4.69) is 15.5 Å². The van der Waals surface area contributed by atoms with E-state index in [0.29, 0.717) is 23.7 Å². The molecule has 0 amide bonds. The van der Waals surface area contributed by atoms with Crippen molar-refractivity contribution in [2.24, 2.45) is 0 Å². The number of nitrogens with two attached hydrogens (primary N) is 1. The normalized spacial score (nSPS) is 9.78. The van der Waals surface area contributed by atoms with E-state index in [-0.39, 0.29) is 0 Å². The number of aromatic nitrogens is 2. The monoisotopic (exact) mass is 243 g/mol. The van der Waals surface area contributed by atoms with Crippen LogP contribution < -0.4 is 15.8 Å². The molecule has 18 heavy (non-hydrogen) atoms. The molecular formula is C12H13N5O. The van der Waals surface area contributed by atoms with E-state index in [1.807, 2.05) is 30.3 Å². The molecule has 0 fully saturated rings. The largest absolute Gasteiger partial charge is 0.497 e. The Bertz CT molecular complexity index is 567. The van der Waals surface area contributed by atoms with Crippen molar-refractivity contribution in [3.63, 3.8) is 0 Å². The molecule has 0 unspecified atom stereocenters. The number of anilines is 2. The second-order valence-electron chi connectivity index (χ2n) is 3.67. The number of nitrogens with zero attached hydrogens (tertiary/aromatic N) is 2. The lowest BCUT2D eigenvalue weighted by Crippen LogP contribution is -2.02. The van der Waals surface area contributed by atoms with E-state index in [4.69, 9.17) is 15.7 Å². The van der Waals surface area contributed by atoms with Crippen molar-refractivity contribution < 1.29 is 4.74 Å². The molecule has 0 spiro atoms. The van der Waals surface area contributed by atoms with Crippen LogP contribution in [0.2, 0.25) is 0 Å². The summed E-state index contributed by atoms with van der Waals surface area (Å²) in [5.41, 5.74) is 7.58. The topological polar surface area (TPSA) is 99.8 Å². The van der Waals surface area contributed by atoms with Crippen LogP contribution in [0.1, 0.15) is 11.3 Å². The minimum atomic E-state index is 0.292. The van der Waals surface area contributed by atoms with Gasteiger partial charge < -0.3 is 15.8 Å². The third kappa shape index (κ3) is 2.35. The molecule has 0 aliphatic carbocycles. The molecule has 6 nitrogen and oxygen atoms in total. The van der Waals surface area contributed by atoms with Crippen LogP contribution in [0.4, 0.5) is 11.5 Å². The van der Waals surface area contributed by atoms with E-state index in [0.717, 1.165) is 11.3 Å². The van der Waals surface area contributed by atoms with Crippen molar-refractivity contribution in [3.05, 3.63) is 35.5 Å². The molecule has 2 rings (SSSR count). The highest BCUT2D eigenvalue weighted by molar-refractivity contribution is 5.68. The zero-order valence-corrected chi connectivity index (χ0v) is 9.90. The van der Waals surface area contributed by atoms with Gasteiger partial charge in [-0.15, -0.1) is 0 Å². The van der Waals surface area contributed by atoms with Crippen molar-refractivity contribution in [1.29, 1.82) is 5.26 Å². The Morgan fingerprint density at radius 3 is 2.78 bits per heavy atom. The molecule has 0 atom stereocenters. The van der Waals surface area contributed by atoms with Crippen LogP contribution in [0.15, 0.2) is 24.3 Å². The minimum absolute atomic E-state index is 0.292. The minimum Gasteiger partial charge on any atom is -0.497 e. The quantitative estimate of drug-likeness (QED) is 0.755. The SMILES string of the molecule is COc1ccc(CNc2c(N)n[nH]c2C#N)cc1. The number of nitriles is 1. The number of ether oxygens (including phenoxy) is 1. The average molecular weight is 243 g/mol. The maximum Gasteiger partial charge on any atom is 0.170 e. The van der Waals surface area contributed by atoms with Crippen LogP contribution in [0, 0.1) is 11.3 Å². The van der Waals surface area contributed by atoms with Crippen molar-refractivity contribution in [2.45, 2.75) is 6.54 Å². The smallest absolute Gasteiger partial charge is 0.170 e. The number of benzene rings is 1. The highest BCUT2D eigenvalue weighted by atomic mass is 16.5. The number of H-pyrrole nitrogens is 1. The Kier molecular flexibility index (Phi) is 3.34. The van der Waals surface area contributed by atoms with Crippen LogP contribution >= 0.6 is 0 Å². The van der Waals surface area contributed by atoms with E-state index in [1.165, 1.54) is 0 Å². The molecule has 92 valence electrons. The Morgan fingerprint density at radius 1 is 1.44 bits per heavy atom. The number of hydrogen-bond donors (Lipinski definition) is 3. The Hall–Kier alpha value is -2.68. The van der Waals surface area contributed by atoms with Crippen molar-refractivity contribution in [2.75, 3.05) is 18.2 Å². The second kappa shape index (κ2) is 5.10. The fourth-order valence-electron chi connectivity index (χ4n) is 1.55. The van der Waals surface area contributed by atoms with Gasteiger partial charge >= 0.3 is 0 Å². The number of hydrogen-bond acceptors (Lipinski definition) is 5. The molecule has 1 aromatic heterocycles. The molecule has 4 N–H and O–H groups in total. The van der Waals surface area contributed by atoms with Gasteiger partial charge in [-0.25, -0.2) is 0 Å². The van der Waals surface area contributed by atoms with E-state index in [9.17, 15) is 0 Å². The van der Waals surface area contributed by atoms with Gasteiger partial charge in [0.2, 0.25) is 0 Å². The summed E-state index contributed by atoms with van der Waals surface area (Å²) in [5.74, 6) is 1.10. The molecule has 2 aromatic rings. The number of nitrogen functional groups attached to an aromatic ring is 1. The summed E-state index contributed by atoms with van der Waals surface area (Å²) in [6.45, 7) is 0.558. The zero-order valence-electron chi connectivity index (χ0n) is 9.90. The van der Waals surface area contributed by atoms with Gasteiger partial charge in [-0.2, -0.15) is 10.4 Å². The van der Waals surface area contributed by atoms with E-state index in [1.54, 1.807) is 7.11 Å². The number of aromatic amines is 1. The predicted molar refractivity (Wildman–Crippen MR) is 68.0 cm³/mol. The highest BCUT2D eigenvalue weighted by Crippen LogP contribution is 2.20. The first-order valence-corrected chi connectivity index (χ1v) is 5.35. The van der Waals surface area contributed by atoms with Gasteiger partial charge in [-0.1, -0.05) is 12.1 Å². The first-order valence-electron chi connectivity index (χ1n) is 5.35. The van der Waals surface area contributed by atoms with Crippen LogP contribution in [0.25, 0.3) is 0 Å². The first kappa shape index (κ1) is 11.8. The number of rotatable bonds is 4. The molecule has 0 radical (unpaired) electrons. The maximum absolute atomic E-state index is 8.86. The van der Waals surface area contributed by atoms with Crippen LogP contribution in [0.5, 0.6) is 5.75 Å². The van der Waals surface area contributed by atoms with Gasteiger partial charge in [-0.3, -0.25) is 5.10 Å². The second-order valence-corrected chi connectivity index (χ2v) is 3.67. The summed E-state index contributed by atoms with van der Waals surface area (Å²) >= 11 is 0. The fourth-order valence-corrected chi connectivity index (χ4v) is 1.55. The van der Waals surface area contributed by atoms with Gasteiger partial charge in [0.05, 0.1) is 7.11 Å². The Labute approximate surface area is 104 Å². The van der Waals surface area contributed by atoms with Gasteiger partial charge in [0.15, 0.2) is 11.5 Å². The van der Waals surface area contributed by atoms with Crippen molar-refractivity contribution in [3.8, 4) is 11.8 Å². The molecule has 0 bridgehead atoms. The predicted octanol–water partition coefficient (Wildman–Crippen LogP) is 1.48. The molecule has 0 aliphatic rings. The van der Waals surface area contributed by atoms with Crippen LogP contribution in [-0.4, -0.2) is 17.3 Å². The lowest BCUT2D eigenvalue weighted by Gasteiger charge is -2.06. The summed E-state index contributed by atoms with van der Waals surface area (Å²) < 4.78 is 5.08. The summed E-state index contributed by atoms with van der Waals surface area (Å²) in [7, 11) is 1.62. The van der Waals surface area contributed by atoms with E-state index < -0.39 is 0 Å². The number of methoxy groups -OCH3 is 1. The Morgan fingerprint density at radius 2 is 2.17 bits per heavy atom. The molecule has 1 heterocycles. The van der Waals surface area contributed by atoms with Crippen LogP contribution in [0.3, 0.4) is 0 Å². The average Bonchev–Trinajstić information content (AvgIpc) is 2.77. The molecule has 6 heteroatoms. The highest BCUT2D eigenvalue weighted by Gasteiger charge is 2.09. The lowest BCUT2D eigenvalue weighted by molar-refractivity contribution is 0.414. The van der Waals surface area contributed by atoms with Gasteiger partial charge in [0.25, 0.3) is 0 Å². The van der Waals surface area contributed by atoms with Crippen LogP contribution in [-0.2, 0) is 6.54 Å². The maximum atomic E-state index is 8.86. The first-order chi connectivity index (χ1) is 8.74. The van der Waals surface area contributed by atoms with Gasteiger partial charge in [-0.05, 0) is 17.7 Å². The van der Waals surface area contributed by atoms with E-state index >= 15 is 0 Å². The zero-order chi connectivity index (χ0) is 13.0. The Balaban J connectivity index is 2.07. The molecular weight excluding hydrogens is 230 g/mol. The van der Waals surface area contributed by atoms with Gasteiger partial charge in [0.1, 0.15) is 17.5 Å². The summed E-state index contributed by atoms with van der Waals surface area (Å²) in [6, 6.07) is 9.62. The van der Waals surface area contributed by atoms with Crippen molar-refractivity contribution >= 4 is 11.5 Å². The molecule has 0 aliphatic heterocycles. The van der Waals surface area contributed by atoms with Crippen molar-refractivity contribution in [1.82, 2.24) is 10.2 Å². The standard InChI is InChI=1S/C12H13N5O/c1-18-9-4-2-8(3-5-9)7-15-11-10(6-13)16-17-12(11)14/h2-5,15H,7H2,1H3,(H3,14,16,17). The number of nitrogens with one attached hydrogen (secondary N) is 2. The summed E-state index contributed by atoms with van der Waals surface area (Å²) in [5, 5.41) is 18.3. The summed E-state index contributed by atoms with van der Waals surface area (Å²) in [4.78, 5) is 0. The third-order valence-corrected chi connectivity index (χ3v) is 2.53. The lowest BCUT2D eigenvalue weighted by atomic mass is 10.2. The summed E-state index contributed by atoms with van der Waals surface area (Å²) in [6.07, 6.45) is 0. The third-order valence-electron chi connectivity index (χ3n) is 2.53. The molecule has 0 saturated carbocycles. The molecule has 0 saturated heterocycles. The fraction of sp³-hybridized carbons (Fsp3) is 0.167.